The zero-order chi connectivity index (χ0) is 22.9. The molecule has 1 amide bonds. The summed E-state index contributed by atoms with van der Waals surface area (Å²) in [5.41, 5.74) is 1.56. The van der Waals surface area contributed by atoms with Crippen LogP contribution < -0.4 is 10.5 Å². The van der Waals surface area contributed by atoms with Gasteiger partial charge in [0.15, 0.2) is 5.58 Å². The van der Waals surface area contributed by atoms with E-state index in [1.54, 1.807) is 12.1 Å². The summed E-state index contributed by atoms with van der Waals surface area (Å²) in [4.78, 5) is 35.1. The summed E-state index contributed by atoms with van der Waals surface area (Å²) in [6, 6.07) is 9.22. The molecule has 1 unspecified atom stereocenters. The summed E-state index contributed by atoms with van der Waals surface area (Å²) < 4.78 is 5.85. The molecule has 3 aromatic rings. The molecule has 2 aromatic heterocycles. The van der Waals surface area contributed by atoms with Gasteiger partial charge in [0.1, 0.15) is 17.1 Å². The molecule has 2 saturated heterocycles. The lowest BCUT2D eigenvalue weighted by molar-refractivity contribution is -0.133. The number of nitriles is 1. The zero-order valence-electron chi connectivity index (χ0n) is 17.8. The Morgan fingerprint density at radius 2 is 2.06 bits per heavy atom. The average Bonchev–Trinajstić information content (AvgIpc) is 3.46. The highest BCUT2D eigenvalue weighted by Gasteiger charge is 2.32. The van der Waals surface area contributed by atoms with Crippen molar-refractivity contribution in [2.24, 2.45) is 0 Å². The number of aromatic amines is 1. The molecule has 0 aliphatic carbocycles. The molecular weight excluding hydrogens is 446 g/mol. The third-order valence-electron chi connectivity index (χ3n) is 6.23. The van der Waals surface area contributed by atoms with Gasteiger partial charge in [-0.3, -0.25) is 14.5 Å². The first-order valence-corrected chi connectivity index (χ1v) is 11.2. The van der Waals surface area contributed by atoms with Crippen molar-refractivity contribution in [3.05, 3.63) is 50.9 Å². The quantitative estimate of drug-likeness (QED) is 0.617. The molecule has 1 atom stereocenters. The van der Waals surface area contributed by atoms with Crippen molar-refractivity contribution in [2.45, 2.75) is 18.9 Å². The van der Waals surface area contributed by atoms with Gasteiger partial charge in [-0.15, -0.1) is 0 Å². The summed E-state index contributed by atoms with van der Waals surface area (Å²) >= 11 is 6.03. The van der Waals surface area contributed by atoms with Crippen molar-refractivity contribution >= 4 is 34.6 Å². The Morgan fingerprint density at radius 1 is 1.24 bits per heavy atom. The summed E-state index contributed by atoms with van der Waals surface area (Å²) in [5.74, 6) is 0.0517. The molecule has 5 rings (SSSR count). The summed E-state index contributed by atoms with van der Waals surface area (Å²) in [6.07, 6.45) is 1.75. The Labute approximate surface area is 194 Å². The third kappa shape index (κ3) is 4.29. The Bertz CT molecular complexity index is 1290. The predicted molar refractivity (Wildman–Crippen MR) is 121 cm³/mol. The second-order valence-corrected chi connectivity index (χ2v) is 8.69. The summed E-state index contributed by atoms with van der Waals surface area (Å²) in [7, 11) is 0. The topological polar surface area (TPSA) is 122 Å². The first-order valence-electron chi connectivity index (χ1n) is 10.8. The molecule has 0 spiro atoms. The molecule has 0 radical (unpaired) electrons. The zero-order valence-corrected chi connectivity index (χ0v) is 18.6. The number of hydrogen-bond donors (Lipinski definition) is 1. The maximum absolute atomic E-state index is 13.0. The van der Waals surface area contributed by atoms with Crippen molar-refractivity contribution < 1.29 is 9.21 Å². The van der Waals surface area contributed by atoms with Gasteiger partial charge in [-0.1, -0.05) is 11.6 Å². The van der Waals surface area contributed by atoms with Crippen molar-refractivity contribution in [1.82, 2.24) is 25.0 Å². The third-order valence-corrected chi connectivity index (χ3v) is 6.46. The van der Waals surface area contributed by atoms with Crippen LogP contribution in [0.25, 0.3) is 11.1 Å². The number of carbonyl (C=O) groups excluding carboxylic acids is 1. The van der Waals surface area contributed by atoms with Crippen LogP contribution in [0.15, 0.2) is 33.5 Å². The molecule has 1 N–H and O–H groups in total. The number of fused-ring (bicyclic) bond motifs is 1. The number of halogens is 1. The smallest absolute Gasteiger partial charge is 0.298 e. The van der Waals surface area contributed by atoms with Gasteiger partial charge in [-0.05, 0) is 37.6 Å². The molecule has 1 aromatic carbocycles. The number of H-pyrrole nitrogens is 1. The monoisotopic (exact) mass is 467 g/mol. The molecule has 2 fully saturated rings. The number of oxazole rings is 1. The lowest BCUT2D eigenvalue weighted by Crippen LogP contribution is -2.51. The maximum atomic E-state index is 13.0. The van der Waals surface area contributed by atoms with Gasteiger partial charge < -0.3 is 14.2 Å². The number of hydrogen-bond acceptors (Lipinski definition) is 8. The van der Waals surface area contributed by atoms with Crippen LogP contribution in [0, 0.1) is 11.3 Å². The SMILES string of the molecule is N#Cc1cc(C2CCCN2CC(=O)N2CCN(c3nc4ccc(Cl)cc4o3)CC2)n[nH]c1=O. The highest BCUT2D eigenvalue weighted by Crippen LogP contribution is 2.30. The second-order valence-electron chi connectivity index (χ2n) is 8.25. The van der Waals surface area contributed by atoms with E-state index in [0.29, 0.717) is 48.5 Å². The van der Waals surface area contributed by atoms with Crippen LogP contribution in [0.1, 0.15) is 30.1 Å². The van der Waals surface area contributed by atoms with Gasteiger partial charge >= 0.3 is 0 Å². The number of carbonyl (C=O) groups is 1. The van der Waals surface area contributed by atoms with Crippen LogP contribution in [0.5, 0.6) is 0 Å². The molecule has 11 heteroatoms. The van der Waals surface area contributed by atoms with Crippen LogP contribution in [-0.2, 0) is 4.79 Å². The number of nitrogens with zero attached hydrogens (tertiary/aromatic N) is 6. The molecular formula is C22H22ClN7O3. The molecule has 2 aliphatic rings. The minimum Gasteiger partial charge on any atom is -0.423 e. The van der Waals surface area contributed by atoms with Gasteiger partial charge in [-0.25, -0.2) is 5.10 Å². The van der Waals surface area contributed by atoms with Crippen LogP contribution in [-0.4, -0.2) is 70.2 Å². The molecule has 4 heterocycles. The van der Waals surface area contributed by atoms with E-state index in [0.717, 1.165) is 24.9 Å². The Hall–Kier alpha value is -3.42. The Balaban J connectivity index is 1.21. The van der Waals surface area contributed by atoms with E-state index < -0.39 is 5.56 Å². The standard InChI is InChI=1S/C22H22ClN7O3/c23-15-3-4-16-19(11-15)33-22(25-16)29-8-6-28(7-9-29)20(31)13-30-5-1-2-18(30)17-10-14(12-24)21(32)27-26-17/h3-4,10-11,18H,1-2,5-9,13H2,(H,27,32). The molecule has 170 valence electrons. The number of aromatic nitrogens is 3. The van der Waals surface area contributed by atoms with E-state index in [9.17, 15) is 9.59 Å². The number of amides is 1. The van der Waals surface area contributed by atoms with E-state index in [1.165, 1.54) is 6.07 Å². The van der Waals surface area contributed by atoms with E-state index in [2.05, 4.69) is 20.1 Å². The van der Waals surface area contributed by atoms with Crippen molar-refractivity contribution in [2.75, 3.05) is 44.2 Å². The fourth-order valence-electron chi connectivity index (χ4n) is 4.47. The average molecular weight is 468 g/mol. The minimum atomic E-state index is -0.498. The Kier molecular flexibility index (Phi) is 5.74. The molecule has 2 aliphatic heterocycles. The van der Waals surface area contributed by atoms with Crippen molar-refractivity contribution in [3.63, 3.8) is 0 Å². The number of benzene rings is 1. The van der Waals surface area contributed by atoms with Crippen LogP contribution in [0.4, 0.5) is 6.01 Å². The molecule has 0 saturated carbocycles. The first kappa shape index (κ1) is 21.4. The molecule has 10 nitrogen and oxygen atoms in total. The number of likely N-dealkylation sites (tertiary alicyclic amines) is 1. The van der Waals surface area contributed by atoms with Crippen LogP contribution in [0.3, 0.4) is 0 Å². The van der Waals surface area contributed by atoms with E-state index in [1.807, 2.05) is 21.9 Å². The highest BCUT2D eigenvalue weighted by atomic mass is 35.5. The maximum Gasteiger partial charge on any atom is 0.298 e. The van der Waals surface area contributed by atoms with Gasteiger partial charge in [0.05, 0.1) is 18.3 Å². The Morgan fingerprint density at radius 3 is 2.85 bits per heavy atom. The number of piperazine rings is 1. The van der Waals surface area contributed by atoms with E-state index in [-0.39, 0.29) is 24.1 Å². The number of anilines is 1. The summed E-state index contributed by atoms with van der Waals surface area (Å²) in [6.45, 7) is 3.45. The van der Waals surface area contributed by atoms with Crippen LogP contribution in [0.2, 0.25) is 5.02 Å². The fraction of sp³-hybridized carbons (Fsp3) is 0.409. The molecule has 0 bridgehead atoms. The predicted octanol–water partition coefficient (Wildman–Crippen LogP) is 1.92. The van der Waals surface area contributed by atoms with Crippen molar-refractivity contribution in [1.29, 1.82) is 5.26 Å². The lowest BCUT2D eigenvalue weighted by atomic mass is 10.1. The minimum absolute atomic E-state index is 0.0377. The largest absolute Gasteiger partial charge is 0.423 e. The van der Waals surface area contributed by atoms with Gasteiger partial charge in [0.2, 0.25) is 5.91 Å². The van der Waals surface area contributed by atoms with Gasteiger partial charge in [0.25, 0.3) is 11.6 Å². The van der Waals surface area contributed by atoms with E-state index >= 15 is 0 Å². The number of rotatable bonds is 4. The normalized spacial score (nSPS) is 19.2. The van der Waals surface area contributed by atoms with Gasteiger partial charge in [-0.2, -0.15) is 15.3 Å². The highest BCUT2D eigenvalue weighted by molar-refractivity contribution is 6.31. The van der Waals surface area contributed by atoms with Crippen molar-refractivity contribution in [3.8, 4) is 6.07 Å². The van der Waals surface area contributed by atoms with E-state index in [4.69, 9.17) is 21.3 Å². The summed E-state index contributed by atoms with van der Waals surface area (Å²) in [5, 5.41) is 16.2. The van der Waals surface area contributed by atoms with Gasteiger partial charge in [0, 0.05) is 37.3 Å². The lowest BCUT2D eigenvalue weighted by Gasteiger charge is -2.35. The fourth-order valence-corrected chi connectivity index (χ4v) is 4.63. The van der Waals surface area contributed by atoms with Crippen LogP contribution >= 0.6 is 11.6 Å². The number of nitrogens with one attached hydrogen (secondary N) is 1. The molecule has 33 heavy (non-hydrogen) atoms. The second kappa shape index (κ2) is 8.84. The first-order chi connectivity index (χ1) is 16.0.